The van der Waals surface area contributed by atoms with Crippen LogP contribution in [-0.4, -0.2) is 10.2 Å². The molecule has 0 spiro atoms. The van der Waals surface area contributed by atoms with E-state index in [0.29, 0.717) is 0 Å². The van der Waals surface area contributed by atoms with Crippen molar-refractivity contribution in [1.29, 1.82) is 0 Å². The lowest BCUT2D eigenvalue weighted by molar-refractivity contribution is 1.04. The van der Waals surface area contributed by atoms with Gasteiger partial charge in [0.05, 0.1) is 6.20 Å². The van der Waals surface area contributed by atoms with Gasteiger partial charge in [-0.1, -0.05) is 30.3 Å². The smallest absolute Gasteiger partial charge is 0.0539 e. The van der Waals surface area contributed by atoms with E-state index in [0.717, 1.165) is 17.9 Å². The van der Waals surface area contributed by atoms with Gasteiger partial charge in [-0.15, -0.1) is 0 Å². The van der Waals surface area contributed by atoms with Crippen LogP contribution in [0.25, 0.3) is 10.8 Å². The molecule has 2 N–H and O–H groups in total. The predicted molar refractivity (Wildman–Crippen MR) is 74.6 cm³/mol. The summed E-state index contributed by atoms with van der Waals surface area (Å²) in [4.78, 5) is 0. The first-order chi connectivity index (χ1) is 8.83. The molecule has 0 saturated carbocycles. The summed E-state index contributed by atoms with van der Waals surface area (Å²) >= 11 is 0. The summed E-state index contributed by atoms with van der Waals surface area (Å²) in [5.74, 6) is 0. The second-order valence-electron chi connectivity index (χ2n) is 4.44. The summed E-state index contributed by atoms with van der Waals surface area (Å²) in [6.07, 6.45) is 1.86. The third kappa shape index (κ3) is 2.07. The number of fused-ring (bicyclic) bond motifs is 1. The van der Waals surface area contributed by atoms with Gasteiger partial charge >= 0.3 is 0 Å². The van der Waals surface area contributed by atoms with Gasteiger partial charge < -0.3 is 5.32 Å². The number of H-pyrrole nitrogens is 1. The van der Waals surface area contributed by atoms with Crippen LogP contribution in [-0.2, 0) is 6.54 Å². The highest BCUT2D eigenvalue weighted by molar-refractivity contribution is 5.85. The second-order valence-corrected chi connectivity index (χ2v) is 4.44. The van der Waals surface area contributed by atoms with Crippen molar-refractivity contribution in [3.63, 3.8) is 0 Å². The van der Waals surface area contributed by atoms with E-state index in [1.807, 2.05) is 13.1 Å². The van der Waals surface area contributed by atoms with Gasteiger partial charge in [0.1, 0.15) is 0 Å². The molecule has 0 aliphatic rings. The van der Waals surface area contributed by atoms with Crippen molar-refractivity contribution in [2.24, 2.45) is 0 Å². The topological polar surface area (TPSA) is 40.7 Å². The molecule has 0 fully saturated rings. The van der Waals surface area contributed by atoms with E-state index in [1.165, 1.54) is 16.3 Å². The van der Waals surface area contributed by atoms with Crippen molar-refractivity contribution in [3.8, 4) is 0 Å². The molecule has 0 aliphatic heterocycles. The van der Waals surface area contributed by atoms with E-state index in [4.69, 9.17) is 0 Å². The van der Waals surface area contributed by atoms with Gasteiger partial charge in [-0.3, -0.25) is 5.10 Å². The molecule has 3 aromatic rings. The van der Waals surface area contributed by atoms with E-state index in [9.17, 15) is 0 Å². The number of aromatic amines is 1. The number of hydrogen-bond donors (Lipinski definition) is 2. The summed E-state index contributed by atoms with van der Waals surface area (Å²) < 4.78 is 0. The average Bonchev–Trinajstić information content (AvgIpc) is 2.82. The highest BCUT2D eigenvalue weighted by atomic mass is 15.1. The van der Waals surface area contributed by atoms with E-state index in [1.54, 1.807) is 0 Å². The molecular weight excluding hydrogens is 222 g/mol. The molecule has 0 unspecified atom stereocenters. The zero-order chi connectivity index (χ0) is 12.4. The molecule has 0 saturated heterocycles. The monoisotopic (exact) mass is 237 g/mol. The van der Waals surface area contributed by atoms with E-state index < -0.39 is 0 Å². The molecule has 3 heteroatoms. The summed E-state index contributed by atoms with van der Waals surface area (Å²) in [5, 5.41) is 12.9. The van der Waals surface area contributed by atoms with Crippen LogP contribution in [0.2, 0.25) is 0 Å². The number of nitrogens with one attached hydrogen (secondary N) is 2. The number of nitrogens with zero attached hydrogens (tertiary/aromatic N) is 1. The zero-order valence-corrected chi connectivity index (χ0v) is 10.3. The van der Waals surface area contributed by atoms with Crippen LogP contribution in [0.1, 0.15) is 11.3 Å². The molecule has 3 nitrogen and oxygen atoms in total. The minimum Gasteiger partial charge on any atom is -0.381 e. The highest BCUT2D eigenvalue weighted by Crippen LogP contribution is 2.19. The van der Waals surface area contributed by atoms with Gasteiger partial charge in [-0.05, 0) is 29.8 Å². The quantitative estimate of drug-likeness (QED) is 0.732. The first-order valence-electron chi connectivity index (χ1n) is 6.04. The number of benzene rings is 2. The second kappa shape index (κ2) is 4.53. The molecule has 0 amide bonds. The molecule has 1 aromatic heterocycles. The molecule has 2 aromatic carbocycles. The SMILES string of the molecule is Cc1[nH]ncc1CNc1ccc2ccccc2c1. The molecule has 90 valence electrons. The molecule has 3 rings (SSSR count). The molecule has 0 aliphatic carbocycles. The van der Waals surface area contributed by atoms with Crippen LogP contribution < -0.4 is 5.32 Å². The summed E-state index contributed by atoms with van der Waals surface area (Å²) in [6.45, 7) is 2.82. The Kier molecular flexibility index (Phi) is 2.73. The van der Waals surface area contributed by atoms with Gasteiger partial charge in [0.25, 0.3) is 0 Å². The molecule has 0 bridgehead atoms. The number of hydrogen-bond acceptors (Lipinski definition) is 2. The number of aryl methyl sites for hydroxylation is 1. The zero-order valence-electron chi connectivity index (χ0n) is 10.3. The first-order valence-corrected chi connectivity index (χ1v) is 6.04. The molecule has 0 radical (unpaired) electrons. The van der Waals surface area contributed by atoms with Gasteiger partial charge in [0.2, 0.25) is 0 Å². The van der Waals surface area contributed by atoms with Crippen molar-refractivity contribution in [3.05, 3.63) is 59.9 Å². The summed E-state index contributed by atoms with van der Waals surface area (Å²) in [7, 11) is 0. The van der Waals surface area contributed by atoms with Crippen molar-refractivity contribution in [1.82, 2.24) is 10.2 Å². The van der Waals surface area contributed by atoms with Crippen LogP contribution in [0.15, 0.2) is 48.7 Å². The Morgan fingerprint density at radius 2 is 1.94 bits per heavy atom. The van der Waals surface area contributed by atoms with Crippen LogP contribution >= 0.6 is 0 Å². The molecule has 0 atom stereocenters. The van der Waals surface area contributed by atoms with Crippen LogP contribution in [0, 0.1) is 6.92 Å². The largest absolute Gasteiger partial charge is 0.381 e. The molecule has 18 heavy (non-hydrogen) atoms. The van der Waals surface area contributed by atoms with Gasteiger partial charge in [-0.2, -0.15) is 5.10 Å². The minimum absolute atomic E-state index is 0.792. The predicted octanol–water partition coefficient (Wildman–Crippen LogP) is 3.48. The Balaban J connectivity index is 1.81. The number of aromatic nitrogens is 2. The Bertz CT molecular complexity index is 670. The fourth-order valence-corrected chi connectivity index (χ4v) is 2.05. The maximum atomic E-state index is 4.02. The standard InChI is InChI=1S/C15H15N3/c1-11-14(10-17-18-11)9-16-15-7-6-12-4-2-3-5-13(12)8-15/h2-8,10,16H,9H2,1H3,(H,17,18). The third-order valence-corrected chi connectivity index (χ3v) is 3.17. The Labute approximate surface area is 106 Å². The van der Waals surface area contributed by atoms with E-state index >= 15 is 0 Å². The van der Waals surface area contributed by atoms with Crippen molar-refractivity contribution in [2.45, 2.75) is 13.5 Å². The Morgan fingerprint density at radius 3 is 2.72 bits per heavy atom. The molecule has 1 heterocycles. The van der Waals surface area contributed by atoms with Crippen molar-refractivity contribution >= 4 is 16.5 Å². The average molecular weight is 237 g/mol. The minimum atomic E-state index is 0.792. The maximum Gasteiger partial charge on any atom is 0.0539 e. The van der Waals surface area contributed by atoms with Crippen LogP contribution in [0.4, 0.5) is 5.69 Å². The fraction of sp³-hybridized carbons (Fsp3) is 0.133. The molecular formula is C15H15N3. The van der Waals surface area contributed by atoms with Crippen molar-refractivity contribution in [2.75, 3.05) is 5.32 Å². The summed E-state index contributed by atoms with van der Waals surface area (Å²) in [5.41, 5.74) is 3.45. The number of rotatable bonds is 3. The maximum absolute atomic E-state index is 4.02. The van der Waals surface area contributed by atoms with Gasteiger partial charge in [0, 0.05) is 23.5 Å². The lowest BCUT2D eigenvalue weighted by atomic mass is 10.1. The van der Waals surface area contributed by atoms with Crippen LogP contribution in [0.5, 0.6) is 0 Å². The summed E-state index contributed by atoms with van der Waals surface area (Å²) in [6, 6.07) is 14.8. The van der Waals surface area contributed by atoms with E-state index in [2.05, 4.69) is 58.0 Å². The highest BCUT2D eigenvalue weighted by Gasteiger charge is 2.00. The van der Waals surface area contributed by atoms with Gasteiger partial charge in [0.15, 0.2) is 0 Å². The number of anilines is 1. The van der Waals surface area contributed by atoms with Crippen molar-refractivity contribution < 1.29 is 0 Å². The Morgan fingerprint density at radius 1 is 1.11 bits per heavy atom. The fourth-order valence-electron chi connectivity index (χ4n) is 2.05. The normalized spacial score (nSPS) is 10.7. The van der Waals surface area contributed by atoms with E-state index in [-0.39, 0.29) is 0 Å². The third-order valence-electron chi connectivity index (χ3n) is 3.17. The van der Waals surface area contributed by atoms with Gasteiger partial charge in [-0.25, -0.2) is 0 Å². The lowest BCUT2D eigenvalue weighted by Crippen LogP contribution is -1.99. The van der Waals surface area contributed by atoms with Crippen LogP contribution in [0.3, 0.4) is 0 Å². The first kappa shape index (κ1) is 10.8. The lowest BCUT2D eigenvalue weighted by Gasteiger charge is -2.07. The Hall–Kier alpha value is -2.29.